The molecule has 3 heterocycles. The van der Waals surface area contributed by atoms with E-state index in [4.69, 9.17) is 21.1 Å². The lowest BCUT2D eigenvalue weighted by Gasteiger charge is -2.31. The molecule has 0 unspecified atom stereocenters. The quantitative estimate of drug-likeness (QED) is 0.128. The molecule has 1 saturated heterocycles. The molecule has 4 rings (SSSR count). The Bertz CT molecular complexity index is 1280. The number of ether oxygens (including phenoxy) is 2. The summed E-state index contributed by atoms with van der Waals surface area (Å²) in [7, 11) is -5.12. The van der Waals surface area contributed by atoms with Crippen molar-refractivity contribution in [1.29, 1.82) is 0 Å². The van der Waals surface area contributed by atoms with Gasteiger partial charge in [-0.2, -0.15) is 15.1 Å². The van der Waals surface area contributed by atoms with Gasteiger partial charge in [-0.25, -0.2) is 4.68 Å². The first-order valence-electron chi connectivity index (χ1n) is 11.1. The average Bonchev–Trinajstić information content (AvgIpc) is 3.39. The lowest BCUT2D eigenvalue weighted by Crippen LogP contribution is -2.44. The highest BCUT2D eigenvalue weighted by atomic mass is 35.5. The van der Waals surface area contributed by atoms with E-state index in [0.717, 1.165) is 11.1 Å². The number of fused-ring (bicyclic) bond motifs is 1. The second-order valence-corrected chi connectivity index (χ2v) is 10.9. The molecule has 3 aromatic rings. The summed E-state index contributed by atoms with van der Waals surface area (Å²) < 4.78 is 23.7. The Morgan fingerprint density at radius 1 is 1.16 bits per heavy atom. The summed E-state index contributed by atoms with van der Waals surface area (Å²) >= 11 is 6.13. The van der Waals surface area contributed by atoms with Crippen LogP contribution in [0.15, 0.2) is 30.5 Å². The van der Waals surface area contributed by atoms with E-state index in [0.29, 0.717) is 17.7 Å². The molecule has 202 valence electrons. The van der Waals surface area contributed by atoms with Gasteiger partial charge in [-0.3, -0.25) is 4.57 Å². The van der Waals surface area contributed by atoms with Crippen LogP contribution in [0.3, 0.4) is 0 Å². The van der Waals surface area contributed by atoms with E-state index in [9.17, 15) is 34.8 Å². The number of hydrogen-bond acceptors (Lipinski definition) is 11. The lowest BCUT2D eigenvalue weighted by molar-refractivity contribution is -0.121. The van der Waals surface area contributed by atoms with Gasteiger partial charge < -0.3 is 45.0 Å². The molecular weight excluding hydrogens is 533 g/mol. The molecule has 4 atom stereocenters. The summed E-state index contributed by atoms with van der Waals surface area (Å²) in [5, 5.41) is 45.1. The Morgan fingerprint density at radius 3 is 2.46 bits per heavy atom. The van der Waals surface area contributed by atoms with Crippen molar-refractivity contribution in [1.82, 2.24) is 19.7 Å². The zero-order chi connectivity index (χ0) is 27.0. The van der Waals surface area contributed by atoms with Gasteiger partial charge in [0.25, 0.3) is 0 Å². The van der Waals surface area contributed by atoms with Gasteiger partial charge in [-0.15, -0.1) is 0 Å². The molecule has 0 saturated carbocycles. The molecule has 7 N–H and O–H groups in total. The van der Waals surface area contributed by atoms with Gasteiger partial charge in [0.2, 0.25) is 10.6 Å². The van der Waals surface area contributed by atoms with Crippen LogP contribution in [0.25, 0.3) is 11.0 Å². The van der Waals surface area contributed by atoms with Crippen molar-refractivity contribution >= 4 is 36.0 Å². The number of nitrogens with one attached hydrogen (secondary N) is 1. The molecule has 1 aromatic carbocycles. The van der Waals surface area contributed by atoms with Crippen LogP contribution in [0.4, 0.5) is 5.82 Å². The first-order chi connectivity index (χ1) is 17.5. The topological polar surface area (TPSA) is 213 Å². The maximum Gasteiger partial charge on any atom is 0.361 e. The van der Waals surface area contributed by atoms with E-state index < -0.39 is 57.3 Å². The number of rotatable bonds is 10. The number of aliphatic hydroxyl groups excluding tert-OH is 4. The standard InChI is InChI=1S/C21H27ClN5O9P/c1-11-2-4-12(5-3-11)6-23-17-13-7-24-27(18(13)26-20(22)25-17)19-16(31)15(30)14(36-19)8-35-21(9-28,10-29)37(32,33)34/h2-5,7,14-16,19,28-31H,6,8-10H2,1H3,(H,23,25,26)(H2,32,33,34)/t14-,15-,16-,19-/m1/s1. The predicted molar refractivity (Wildman–Crippen MR) is 130 cm³/mol. The van der Waals surface area contributed by atoms with Crippen molar-refractivity contribution < 1.29 is 44.3 Å². The van der Waals surface area contributed by atoms with Gasteiger partial charge in [-0.05, 0) is 24.1 Å². The Balaban J connectivity index is 1.55. The summed E-state index contributed by atoms with van der Waals surface area (Å²) in [4.78, 5) is 27.4. The van der Waals surface area contributed by atoms with Crippen molar-refractivity contribution in [3.05, 3.63) is 46.9 Å². The zero-order valence-electron chi connectivity index (χ0n) is 19.5. The van der Waals surface area contributed by atoms with Crippen LogP contribution in [0, 0.1) is 6.92 Å². The fraction of sp³-hybridized carbons (Fsp3) is 0.476. The largest absolute Gasteiger partial charge is 0.393 e. The maximum atomic E-state index is 11.7. The van der Waals surface area contributed by atoms with Crippen LogP contribution in [-0.2, 0) is 20.6 Å². The predicted octanol–water partition coefficient (Wildman–Crippen LogP) is -0.105. The number of aliphatic hydroxyl groups is 4. The summed E-state index contributed by atoms with van der Waals surface area (Å²) in [6.07, 6.45) is -4.23. The zero-order valence-corrected chi connectivity index (χ0v) is 21.2. The molecule has 0 spiro atoms. The Labute approximate surface area is 215 Å². The fourth-order valence-corrected chi connectivity index (χ4v) is 4.60. The first kappa shape index (κ1) is 27.8. The Kier molecular flexibility index (Phi) is 8.16. The van der Waals surface area contributed by atoms with Crippen molar-refractivity contribution in [3.63, 3.8) is 0 Å². The number of aromatic nitrogens is 4. The van der Waals surface area contributed by atoms with Gasteiger partial charge in [0.05, 0.1) is 31.4 Å². The minimum Gasteiger partial charge on any atom is -0.393 e. The molecule has 0 aliphatic carbocycles. The molecule has 1 aliphatic rings. The summed E-state index contributed by atoms with van der Waals surface area (Å²) in [5.74, 6) is 0.382. The second kappa shape index (κ2) is 10.9. The third kappa shape index (κ3) is 5.49. The summed E-state index contributed by atoms with van der Waals surface area (Å²) in [6.45, 7) is -0.634. The molecule has 1 aliphatic heterocycles. The first-order valence-corrected chi connectivity index (χ1v) is 13.1. The normalized spacial score (nSPS) is 22.6. The number of halogens is 1. The van der Waals surface area contributed by atoms with Crippen LogP contribution in [0.2, 0.25) is 5.28 Å². The SMILES string of the molecule is Cc1ccc(CNc2nc(Cl)nc3c2cnn3[C@@H]2O[C@H](COC(CO)(CO)P(=O)(O)O)[C@@H](O)[C@H]2O)cc1. The smallest absolute Gasteiger partial charge is 0.361 e. The van der Waals surface area contributed by atoms with Crippen molar-refractivity contribution in [2.24, 2.45) is 0 Å². The molecule has 2 aromatic heterocycles. The third-order valence-corrected chi connectivity index (χ3v) is 7.77. The molecule has 16 heteroatoms. The number of benzene rings is 1. The number of nitrogens with zero attached hydrogens (tertiary/aromatic N) is 4. The summed E-state index contributed by atoms with van der Waals surface area (Å²) in [6, 6.07) is 7.89. The lowest BCUT2D eigenvalue weighted by atomic mass is 10.1. The highest BCUT2D eigenvalue weighted by molar-refractivity contribution is 7.53. The summed E-state index contributed by atoms with van der Waals surface area (Å²) in [5.41, 5.74) is 2.32. The average molecular weight is 560 g/mol. The molecule has 0 radical (unpaired) electrons. The van der Waals surface area contributed by atoms with E-state index in [2.05, 4.69) is 20.4 Å². The van der Waals surface area contributed by atoms with Gasteiger partial charge in [0.15, 0.2) is 11.9 Å². The van der Waals surface area contributed by atoms with E-state index in [1.165, 1.54) is 10.9 Å². The molecule has 0 amide bonds. The number of hydrogen-bond donors (Lipinski definition) is 7. The van der Waals surface area contributed by atoms with Crippen LogP contribution >= 0.6 is 19.2 Å². The van der Waals surface area contributed by atoms with E-state index >= 15 is 0 Å². The third-order valence-electron chi connectivity index (χ3n) is 6.13. The highest BCUT2D eigenvalue weighted by Gasteiger charge is 2.51. The van der Waals surface area contributed by atoms with Crippen LogP contribution in [0.5, 0.6) is 0 Å². The van der Waals surface area contributed by atoms with Crippen molar-refractivity contribution in [3.8, 4) is 0 Å². The number of aryl methyl sites for hydroxylation is 1. The Hall–Kier alpha value is -2.23. The van der Waals surface area contributed by atoms with E-state index in [1.807, 2.05) is 31.2 Å². The minimum atomic E-state index is -5.12. The molecule has 14 nitrogen and oxygen atoms in total. The Morgan fingerprint density at radius 2 is 1.84 bits per heavy atom. The highest BCUT2D eigenvalue weighted by Crippen LogP contribution is 2.51. The van der Waals surface area contributed by atoms with Gasteiger partial charge >= 0.3 is 7.60 Å². The number of anilines is 1. The van der Waals surface area contributed by atoms with E-state index in [1.54, 1.807) is 0 Å². The molecule has 0 bridgehead atoms. The fourth-order valence-electron chi connectivity index (χ4n) is 3.83. The molecule has 1 fully saturated rings. The van der Waals surface area contributed by atoms with Gasteiger partial charge in [-0.1, -0.05) is 29.8 Å². The van der Waals surface area contributed by atoms with Gasteiger partial charge in [0.1, 0.15) is 24.1 Å². The van der Waals surface area contributed by atoms with Crippen LogP contribution in [0.1, 0.15) is 17.4 Å². The van der Waals surface area contributed by atoms with Gasteiger partial charge in [0, 0.05) is 6.54 Å². The van der Waals surface area contributed by atoms with Crippen LogP contribution in [-0.4, -0.2) is 93.4 Å². The molecule has 37 heavy (non-hydrogen) atoms. The monoisotopic (exact) mass is 559 g/mol. The molecular formula is C21H27ClN5O9P. The second-order valence-electron chi connectivity index (χ2n) is 8.67. The van der Waals surface area contributed by atoms with Crippen LogP contribution < -0.4 is 5.32 Å². The minimum absolute atomic E-state index is 0.106. The van der Waals surface area contributed by atoms with Crippen molar-refractivity contribution in [2.45, 2.75) is 43.4 Å². The maximum absolute atomic E-state index is 11.7. The van der Waals surface area contributed by atoms with Crippen molar-refractivity contribution in [2.75, 3.05) is 25.1 Å². The van der Waals surface area contributed by atoms with E-state index in [-0.39, 0.29) is 10.9 Å².